The zero-order valence-electron chi connectivity index (χ0n) is 20.4. The van der Waals surface area contributed by atoms with Crippen LogP contribution in [0.2, 0.25) is 0 Å². The molecule has 1 aromatic heterocycles. The van der Waals surface area contributed by atoms with E-state index in [9.17, 15) is 0 Å². The first-order chi connectivity index (χ1) is 18.8. The summed E-state index contributed by atoms with van der Waals surface area (Å²) >= 11 is 0. The molecule has 0 aliphatic heterocycles. The highest BCUT2D eigenvalue weighted by atomic mass is 14.9. The molecule has 0 spiro atoms. The van der Waals surface area contributed by atoms with Gasteiger partial charge in [-0.1, -0.05) is 102 Å². The third-order valence-corrected chi connectivity index (χ3v) is 5.31. The molecule has 0 saturated heterocycles. The minimum atomic E-state index is 0.342. The number of aromatic nitrogens is 2. The second-order valence-corrected chi connectivity index (χ2v) is 8.08. The fraction of sp³-hybridized carbons (Fsp3) is 0. The van der Waals surface area contributed by atoms with E-state index in [4.69, 9.17) is 9.97 Å². The molecule has 0 N–H and O–H groups in total. The maximum atomic E-state index is 4.70. The van der Waals surface area contributed by atoms with Gasteiger partial charge >= 0.3 is 0 Å². The Morgan fingerprint density at radius 2 is 0.632 bits per heavy atom. The van der Waals surface area contributed by atoms with Gasteiger partial charge in [0.15, 0.2) is 0 Å². The topological polar surface area (TPSA) is 25.8 Å². The Bertz CT molecular complexity index is 1720. The minimum Gasteiger partial charge on any atom is -0.211 e. The second-order valence-electron chi connectivity index (χ2n) is 8.08. The summed E-state index contributed by atoms with van der Waals surface area (Å²) in [6, 6.07) is 39.1. The quantitative estimate of drug-likeness (QED) is 0.251. The molecule has 0 amide bonds. The molecule has 5 aromatic rings. The smallest absolute Gasteiger partial charge is 0.207 e. The van der Waals surface area contributed by atoms with Gasteiger partial charge in [0.2, 0.25) is 5.82 Å². The van der Waals surface area contributed by atoms with Crippen LogP contribution in [0.15, 0.2) is 121 Å². The largest absolute Gasteiger partial charge is 0.211 e. The van der Waals surface area contributed by atoms with Gasteiger partial charge in [-0.05, 0) is 66.3 Å². The molecule has 0 fully saturated rings. The van der Waals surface area contributed by atoms with Gasteiger partial charge in [-0.3, -0.25) is 0 Å². The molecule has 0 unspecified atom stereocenters. The van der Waals surface area contributed by atoms with Crippen molar-refractivity contribution in [2.45, 2.75) is 0 Å². The Morgan fingerprint density at radius 1 is 0.316 bits per heavy atom. The van der Waals surface area contributed by atoms with Gasteiger partial charge in [-0.25, -0.2) is 9.97 Å². The molecular weight excluding hydrogens is 460 g/mol. The van der Waals surface area contributed by atoms with Gasteiger partial charge in [0.1, 0.15) is 11.4 Å². The van der Waals surface area contributed by atoms with Crippen molar-refractivity contribution < 1.29 is 0 Å². The number of hydrogen-bond acceptors (Lipinski definition) is 2. The molecule has 38 heavy (non-hydrogen) atoms. The highest BCUT2D eigenvalue weighted by Gasteiger charge is 2.10. The Labute approximate surface area is 223 Å². The summed E-state index contributed by atoms with van der Waals surface area (Å²) in [4.78, 5) is 9.40. The van der Waals surface area contributed by atoms with Crippen molar-refractivity contribution in [3.63, 3.8) is 0 Å². The van der Waals surface area contributed by atoms with Crippen LogP contribution in [0.5, 0.6) is 0 Å². The summed E-state index contributed by atoms with van der Waals surface area (Å²) in [6.45, 7) is 0. The van der Waals surface area contributed by atoms with Gasteiger partial charge in [0.05, 0.1) is 5.56 Å². The van der Waals surface area contributed by atoms with Crippen molar-refractivity contribution in [3.05, 3.63) is 166 Å². The Balaban J connectivity index is 1.69. The first-order valence-electron chi connectivity index (χ1n) is 12.0. The Morgan fingerprint density at radius 3 is 1.00 bits per heavy atom. The maximum absolute atomic E-state index is 4.70. The lowest BCUT2D eigenvalue weighted by atomic mass is 10.1. The van der Waals surface area contributed by atoms with E-state index in [1.165, 1.54) is 0 Å². The van der Waals surface area contributed by atoms with Crippen LogP contribution < -0.4 is 0 Å². The van der Waals surface area contributed by atoms with Crippen LogP contribution in [-0.2, 0) is 0 Å². The molecule has 0 aliphatic rings. The molecule has 0 bridgehead atoms. The third-order valence-electron chi connectivity index (χ3n) is 5.31. The van der Waals surface area contributed by atoms with E-state index in [0.29, 0.717) is 22.8 Å². The fourth-order valence-corrected chi connectivity index (χ4v) is 3.43. The SMILES string of the molecule is C(#Cc1nc(C#Cc2ccccc2)c(C#Cc2ccccc2)c(C#Cc2ccccc2)n1)c1ccccc1. The maximum Gasteiger partial charge on any atom is 0.207 e. The molecule has 2 nitrogen and oxygen atoms in total. The van der Waals surface area contributed by atoms with Crippen LogP contribution in [0.4, 0.5) is 0 Å². The molecule has 0 atom stereocenters. The molecule has 1 heterocycles. The second kappa shape index (κ2) is 12.2. The lowest BCUT2D eigenvalue weighted by Crippen LogP contribution is -2.03. The standard InChI is InChI=1S/C36H20N2/c1-5-13-29(14-6-1)21-25-33-34(26-22-30-15-7-2-8-16-30)37-36(28-24-32-19-11-4-12-20-32)38-35(33)27-23-31-17-9-3-10-18-31/h1-20H. The summed E-state index contributed by atoms with van der Waals surface area (Å²) < 4.78 is 0. The van der Waals surface area contributed by atoms with E-state index in [1.807, 2.05) is 121 Å². The van der Waals surface area contributed by atoms with Crippen molar-refractivity contribution in [3.8, 4) is 47.4 Å². The lowest BCUT2D eigenvalue weighted by Gasteiger charge is -2.02. The van der Waals surface area contributed by atoms with Crippen molar-refractivity contribution in [1.82, 2.24) is 9.97 Å². The first kappa shape index (κ1) is 23.9. The predicted molar refractivity (Wildman–Crippen MR) is 152 cm³/mol. The first-order valence-corrected chi connectivity index (χ1v) is 12.0. The highest BCUT2D eigenvalue weighted by molar-refractivity contribution is 5.59. The Hall–Kier alpha value is -5.80. The van der Waals surface area contributed by atoms with Crippen LogP contribution >= 0.6 is 0 Å². The van der Waals surface area contributed by atoms with E-state index >= 15 is 0 Å². The molecule has 0 saturated carbocycles. The van der Waals surface area contributed by atoms with Crippen molar-refractivity contribution >= 4 is 0 Å². The van der Waals surface area contributed by atoms with E-state index in [0.717, 1.165) is 22.3 Å². The van der Waals surface area contributed by atoms with E-state index < -0.39 is 0 Å². The fourth-order valence-electron chi connectivity index (χ4n) is 3.43. The average Bonchev–Trinajstić information content (AvgIpc) is 2.99. The molecule has 0 aliphatic carbocycles. The molecule has 4 aromatic carbocycles. The van der Waals surface area contributed by atoms with Crippen molar-refractivity contribution in [2.24, 2.45) is 0 Å². The Kier molecular flexibility index (Phi) is 7.71. The van der Waals surface area contributed by atoms with Gasteiger partial charge in [-0.15, -0.1) is 0 Å². The summed E-state index contributed by atoms with van der Waals surface area (Å²) in [7, 11) is 0. The summed E-state index contributed by atoms with van der Waals surface area (Å²) in [5.41, 5.74) is 5.06. The number of nitrogens with zero attached hydrogens (tertiary/aromatic N) is 2. The van der Waals surface area contributed by atoms with Gasteiger partial charge in [0, 0.05) is 22.3 Å². The number of hydrogen-bond donors (Lipinski definition) is 0. The van der Waals surface area contributed by atoms with E-state index in [-0.39, 0.29) is 0 Å². The van der Waals surface area contributed by atoms with E-state index in [2.05, 4.69) is 47.4 Å². The average molecular weight is 481 g/mol. The molecule has 174 valence electrons. The van der Waals surface area contributed by atoms with Gasteiger partial charge in [0.25, 0.3) is 0 Å². The zero-order valence-corrected chi connectivity index (χ0v) is 20.4. The van der Waals surface area contributed by atoms with Crippen molar-refractivity contribution in [2.75, 3.05) is 0 Å². The third kappa shape index (κ3) is 6.66. The predicted octanol–water partition coefficient (Wildman–Crippen LogP) is 6.08. The summed E-state index contributed by atoms with van der Waals surface area (Å²) in [5.74, 6) is 25.8. The monoisotopic (exact) mass is 480 g/mol. The van der Waals surface area contributed by atoms with Gasteiger partial charge in [-0.2, -0.15) is 0 Å². The van der Waals surface area contributed by atoms with Crippen molar-refractivity contribution in [1.29, 1.82) is 0 Å². The van der Waals surface area contributed by atoms with Crippen LogP contribution in [0.25, 0.3) is 0 Å². The van der Waals surface area contributed by atoms with Gasteiger partial charge < -0.3 is 0 Å². The number of benzene rings is 4. The van der Waals surface area contributed by atoms with E-state index in [1.54, 1.807) is 0 Å². The molecule has 5 rings (SSSR count). The zero-order chi connectivity index (χ0) is 25.8. The van der Waals surface area contributed by atoms with Crippen LogP contribution in [-0.4, -0.2) is 9.97 Å². The van der Waals surface area contributed by atoms with Crippen LogP contribution in [0.3, 0.4) is 0 Å². The number of rotatable bonds is 0. The normalized spacial score (nSPS) is 9.26. The molecular formula is C36H20N2. The van der Waals surface area contributed by atoms with Crippen LogP contribution in [0, 0.1) is 47.4 Å². The van der Waals surface area contributed by atoms with Crippen LogP contribution in [0.1, 0.15) is 45.0 Å². The molecule has 0 radical (unpaired) electrons. The minimum absolute atomic E-state index is 0.342. The lowest BCUT2D eigenvalue weighted by molar-refractivity contribution is 1.08. The molecule has 2 heteroatoms. The summed E-state index contributed by atoms with van der Waals surface area (Å²) in [6.07, 6.45) is 0. The summed E-state index contributed by atoms with van der Waals surface area (Å²) in [5, 5.41) is 0. The highest BCUT2D eigenvalue weighted by Crippen LogP contribution is 2.12.